The Labute approximate surface area is 107 Å². The Kier molecular flexibility index (Phi) is 2.09. The van der Waals surface area contributed by atoms with Crippen molar-refractivity contribution in [3.8, 4) is 0 Å². The number of nitrogens with two attached hydrogens (primary N) is 1. The number of rotatable bonds is 1. The zero-order chi connectivity index (χ0) is 11.6. The molecule has 2 bridgehead atoms. The zero-order valence-electron chi connectivity index (χ0n) is 10.5. The molecule has 0 saturated heterocycles. The average Bonchev–Trinajstić information content (AvgIpc) is 2.95. The van der Waals surface area contributed by atoms with Gasteiger partial charge >= 0.3 is 0 Å². The number of thiophene rings is 1. The van der Waals surface area contributed by atoms with Crippen LogP contribution in [0.1, 0.15) is 42.5 Å². The van der Waals surface area contributed by atoms with E-state index >= 15 is 0 Å². The van der Waals surface area contributed by atoms with Crippen LogP contribution in [0.15, 0.2) is 11.4 Å². The van der Waals surface area contributed by atoms with Gasteiger partial charge in [-0.05, 0) is 73.3 Å². The Balaban J connectivity index is 1.72. The fraction of sp³-hybridized carbons (Fsp3) is 0.733. The summed E-state index contributed by atoms with van der Waals surface area (Å²) in [5, 5.41) is 2.32. The summed E-state index contributed by atoms with van der Waals surface area (Å²) >= 11 is 1.86. The molecular weight excluding hydrogens is 226 g/mol. The minimum absolute atomic E-state index is 0.0287. The second kappa shape index (κ2) is 3.36. The van der Waals surface area contributed by atoms with E-state index in [0.29, 0.717) is 0 Å². The molecule has 1 heterocycles. The first-order valence-electron chi connectivity index (χ1n) is 7.03. The van der Waals surface area contributed by atoms with E-state index in [0.717, 1.165) is 23.7 Å². The first-order chi connectivity index (χ1) is 8.18. The molecule has 1 nitrogen and oxygen atoms in total. The van der Waals surface area contributed by atoms with Gasteiger partial charge in [0.2, 0.25) is 0 Å². The maximum Gasteiger partial charge on any atom is 0.0452 e. The minimum Gasteiger partial charge on any atom is -0.321 e. The first-order valence-corrected chi connectivity index (χ1v) is 7.91. The maximum atomic E-state index is 6.84. The van der Waals surface area contributed by atoms with Crippen molar-refractivity contribution in [2.75, 3.05) is 0 Å². The van der Waals surface area contributed by atoms with Gasteiger partial charge in [0.1, 0.15) is 0 Å². The molecule has 1 aromatic heterocycles. The van der Waals surface area contributed by atoms with Crippen molar-refractivity contribution in [3.63, 3.8) is 0 Å². The summed E-state index contributed by atoms with van der Waals surface area (Å²) in [6.07, 6.45) is 7.08. The van der Waals surface area contributed by atoms with Gasteiger partial charge in [0.15, 0.2) is 0 Å². The normalized spacial score (nSPS) is 47.6. The third-order valence-corrected chi connectivity index (χ3v) is 6.69. The number of aryl methyl sites for hydroxylation is 1. The lowest BCUT2D eigenvalue weighted by molar-refractivity contribution is 0.157. The van der Waals surface area contributed by atoms with Crippen LogP contribution in [0, 0.1) is 30.6 Å². The largest absolute Gasteiger partial charge is 0.321 e. The predicted molar refractivity (Wildman–Crippen MR) is 72.0 cm³/mol. The highest BCUT2D eigenvalue weighted by molar-refractivity contribution is 7.10. The van der Waals surface area contributed by atoms with Crippen molar-refractivity contribution in [3.05, 3.63) is 21.9 Å². The molecule has 0 spiro atoms. The molecule has 3 saturated carbocycles. The third-order valence-electron chi connectivity index (χ3n) is 5.83. The summed E-state index contributed by atoms with van der Waals surface area (Å²) in [6, 6.07) is 2.34. The van der Waals surface area contributed by atoms with Gasteiger partial charge in [-0.15, -0.1) is 11.3 Å². The van der Waals surface area contributed by atoms with E-state index in [1.807, 2.05) is 11.3 Å². The fourth-order valence-electron chi connectivity index (χ4n) is 5.21. The fourth-order valence-corrected chi connectivity index (χ4v) is 6.01. The van der Waals surface area contributed by atoms with Gasteiger partial charge in [0, 0.05) is 10.4 Å². The third kappa shape index (κ3) is 1.29. The van der Waals surface area contributed by atoms with Crippen molar-refractivity contribution in [1.82, 2.24) is 0 Å². The number of hydrogen-bond donors (Lipinski definition) is 1. The lowest BCUT2D eigenvalue weighted by Crippen LogP contribution is -2.46. The van der Waals surface area contributed by atoms with Gasteiger partial charge in [0.05, 0.1) is 0 Å². The van der Waals surface area contributed by atoms with Crippen molar-refractivity contribution in [1.29, 1.82) is 0 Å². The van der Waals surface area contributed by atoms with Gasteiger partial charge in [-0.2, -0.15) is 0 Å². The summed E-state index contributed by atoms with van der Waals surface area (Å²) in [6.45, 7) is 2.20. The number of hydrogen-bond acceptors (Lipinski definition) is 2. The summed E-state index contributed by atoms with van der Waals surface area (Å²) in [4.78, 5) is 1.41. The molecule has 0 aliphatic heterocycles. The lowest BCUT2D eigenvalue weighted by Gasteiger charge is -2.40. The molecular formula is C15H21NS. The van der Waals surface area contributed by atoms with Gasteiger partial charge in [-0.1, -0.05) is 6.42 Å². The molecule has 3 fully saturated rings. The summed E-state index contributed by atoms with van der Waals surface area (Å²) in [7, 11) is 0. The van der Waals surface area contributed by atoms with E-state index in [-0.39, 0.29) is 5.54 Å². The van der Waals surface area contributed by atoms with Crippen LogP contribution >= 0.6 is 11.3 Å². The molecule has 1 aromatic rings. The predicted octanol–water partition coefficient (Wildman–Crippen LogP) is 3.67. The van der Waals surface area contributed by atoms with Crippen LogP contribution < -0.4 is 5.73 Å². The molecule has 0 radical (unpaired) electrons. The maximum absolute atomic E-state index is 6.84. The van der Waals surface area contributed by atoms with E-state index in [1.54, 1.807) is 0 Å². The minimum atomic E-state index is 0.0287. The highest BCUT2D eigenvalue weighted by Gasteiger charge is 2.59. The second-order valence-electron chi connectivity index (χ2n) is 6.55. The Hall–Kier alpha value is -0.340. The summed E-state index contributed by atoms with van der Waals surface area (Å²) in [5.41, 5.74) is 8.31. The van der Waals surface area contributed by atoms with Gasteiger partial charge in [-0.25, -0.2) is 0 Å². The first kappa shape index (κ1) is 10.6. The van der Waals surface area contributed by atoms with Crippen molar-refractivity contribution >= 4 is 11.3 Å². The van der Waals surface area contributed by atoms with E-state index in [2.05, 4.69) is 18.4 Å². The molecule has 4 rings (SSSR count). The molecule has 3 aliphatic rings. The van der Waals surface area contributed by atoms with Crippen LogP contribution in [0.5, 0.6) is 0 Å². The Bertz CT molecular complexity index is 452. The van der Waals surface area contributed by atoms with Crippen molar-refractivity contribution in [2.45, 2.75) is 44.6 Å². The van der Waals surface area contributed by atoms with Gasteiger partial charge in [-0.3, -0.25) is 0 Å². The van der Waals surface area contributed by atoms with Gasteiger partial charge in [0.25, 0.3) is 0 Å². The Morgan fingerprint density at radius 3 is 2.94 bits per heavy atom. The standard InChI is InChI=1S/C15H21NS/c1-9-5-11(8-17-9)15(16)7-10-6-14(15)13-4-2-3-12(10)13/h5,8,10,12-14H,2-4,6-7,16H2,1H3. The van der Waals surface area contributed by atoms with E-state index < -0.39 is 0 Å². The molecule has 2 heteroatoms. The van der Waals surface area contributed by atoms with Crippen LogP contribution in [0.4, 0.5) is 0 Å². The van der Waals surface area contributed by atoms with Crippen LogP contribution in [-0.2, 0) is 5.54 Å². The Morgan fingerprint density at radius 2 is 2.18 bits per heavy atom. The molecule has 3 aliphatic carbocycles. The molecule has 2 N–H and O–H groups in total. The molecule has 5 unspecified atom stereocenters. The van der Waals surface area contributed by atoms with Crippen LogP contribution in [0.3, 0.4) is 0 Å². The van der Waals surface area contributed by atoms with Gasteiger partial charge < -0.3 is 5.73 Å². The SMILES string of the molecule is Cc1cc(C2(N)CC3CC2C2CCCC32)cs1. The van der Waals surface area contributed by atoms with Crippen LogP contribution in [-0.4, -0.2) is 0 Å². The van der Waals surface area contributed by atoms with Crippen molar-refractivity contribution in [2.24, 2.45) is 29.4 Å². The van der Waals surface area contributed by atoms with E-state index in [1.165, 1.54) is 42.5 Å². The van der Waals surface area contributed by atoms with Crippen molar-refractivity contribution < 1.29 is 0 Å². The molecule has 0 amide bonds. The Morgan fingerprint density at radius 1 is 1.35 bits per heavy atom. The average molecular weight is 247 g/mol. The molecule has 92 valence electrons. The highest BCUT2D eigenvalue weighted by Crippen LogP contribution is 2.64. The second-order valence-corrected chi connectivity index (χ2v) is 7.67. The van der Waals surface area contributed by atoms with E-state index in [4.69, 9.17) is 5.73 Å². The molecule has 5 atom stereocenters. The highest BCUT2D eigenvalue weighted by atomic mass is 32.1. The van der Waals surface area contributed by atoms with E-state index in [9.17, 15) is 0 Å². The summed E-state index contributed by atoms with van der Waals surface area (Å²) < 4.78 is 0. The monoisotopic (exact) mass is 247 g/mol. The lowest BCUT2D eigenvalue weighted by atomic mass is 9.69. The van der Waals surface area contributed by atoms with Crippen LogP contribution in [0.2, 0.25) is 0 Å². The topological polar surface area (TPSA) is 26.0 Å². The smallest absolute Gasteiger partial charge is 0.0452 e. The number of fused-ring (bicyclic) bond motifs is 5. The molecule has 17 heavy (non-hydrogen) atoms. The van der Waals surface area contributed by atoms with Crippen LogP contribution in [0.25, 0.3) is 0 Å². The quantitative estimate of drug-likeness (QED) is 0.805. The molecule has 0 aromatic carbocycles. The zero-order valence-corrected chi connectivity index (χ0v) is 11.3. The summed E-state index contributed by atoms with van der Waals surface area (Å²) in [5.74, 6) is 3.72.